The first-order valence-corrected chi connectivity index (χ1v) is 6.69. The fourth-order valence-corrected chi connectivity index (χ4v) is 2.87. The molecule has 0 saturated carbocycles. The van der Waals surface area contributed by atoms with E-state index >= 15 is 0 Å². The Morgan fingerprint density at radius 2 is 2.29 bits per heavy atom. The Morgan fingerprint density at radius 3 is 2.88 bits per heavy atom. The molecule has 2 nitrogen and oxygen atoms in total. The first-order chi connectivity index (χ1) is 8.04. The van der Waals surface area contributed by atoms with Crippen LogP contribution in [0, 0.1) is 11.7 Å². The number of aliphatic hydroxyl groups is 1. The van der Waals surface area contributed by atoms with Gasteiger partial charge < -0.3 is 5.11 Å². The van der Waals surface area contributed by atoms with Crippen molar-refractivity contribution < 1.29 is 9.50 Å². The zero-order valence-corrected chi connectivity index (χ0v) is 11.5. The Morgan fingerprint density at radius 1 is 1.53 bits per heavy atom. The summed E-state index contributed by atoms with van der Waals surface area (Å²) in [4.78, 5) is 2.26. The van der Waals surface area contributed by atoms with Gasteiger partial charge in [0.2, 0.25) is 0 Å². The van der Waals surface area contributed by atoms with Crippen LogP contribution < -0.4 is 0 Å². The topological polar surface area (TPSA) is 23.5 Å². The van der Waals surface area contributed by atoms with Crippen LogP contribution >= 0.6 is 15.9 Å². The highest BCUT2D eigenvalue weighted by Crippen LogP contribution is 2.23. The smallest absolute Gasteiger partial charge is 0.124 e. The van der Waals surface area contributed by atoms with Crippen LogP contribution in [0.25, 0.3) is 0 Å². The van der Waals surface area contributed by atoms with Crippen LogP contribution in [0.15, 0.2) is 22.7 Å². The molecule has 2 rings (SSSR count). The number of likely N-dealkylation sites (tertiary alicyclic amines) is 1. The molecule has 0 bridgehead atoms. The van der Waals surface area contributed by atoms with Crippen molar-refractivity contribution in [1.82, 2.24) is 4.90 Å². The molecule has 0 amide bonds. The Balaban J connectivity index is 1.98. The molecule has 1 aromatic rings. The van der Waals surface area contributed by atoms with Crippen LogP contribution in [0.1, 0.15) is 18.9 Å². The average molecular weight is 302 g/mol. The molecule has 1 aliphatic rings. The van der Waals surface area contributed by atoms with E-state index in [1.165, 1.54) is 6.07 Å². The Labute approximate surface area is 110 Å². The van der Waals surface area contributed by atoms with Crippen LogP contribution in [0.5, 0.6) is 0 Å². The van der Waals surface area contributed by atoms with Crippen molar-refractivity contribution in [3.63, 3.8) is 0 Å². The zero-order chi connectivity index (χ0) is 12.4. The number of aliphatic hydroxyl groups excluding tert-OH is 1. The number of nitrogens with zero attached hydrogens (tertiary/aromatic N) is 1. The zero-order valence-electron chi connectivity index (χ0n) is 9.87. The quantitative estimate of drug-likeness (QED) is 0.928. The highest BCUT2D eigenvalue weighted by molar-refractivity contribution is 9.10. The summed E-state index contributed by atoms with van der Waals surface area (Å²) in [5, 5.41) is 9.53. The third kappa shape index (κ3) is 3.50. The lowest BCUT2D eigenvalue weighted by Gasteiger charge is -2.17. The number of halogens is 2. The summed E-state index contributed by atoms with van der Waals surface area (Å²) in [5.74, 6) is 0.146. The molecule has 1 aliphatic heterocycles. The Kier molecular flexibility index (Phi) is 4.17. The molecule has 1 heterocycles. The lowest BCUT2D eigenvalue weighted by atomic mass is 10.0. The second kappa shape index (κ2) is 5.46. The van der Waals surface area contributed by atoms with Crippen LogP contribution in [0.4, 0.5) is 4.39 Å². The molecule has 1 N–H and O–H groups in total. The molecular formula is C13H17BrFNO. The number of hydrogen-bond acceptors (Lipinski definition) is 2. The van der Waals surface area contributed by atoms with E-state index in [0.717, 1.165) is 36.1 Å². The van der Waals surface area contributed by atoms with Gasteiger partial charge in [-0.2, -0.15) is 0 Å². The van der Waals surface area contributed by atoms with Crippen molar-refractivity contribution >= 4 is 15.9 Å². The lowest BCUT2D eigenvalue weighted by Crippen LogP contribution is -2.24. The third-order valence-electron chi connectivity index (χ3n) is 3.32. The molecule has 17 heavy (non-hydrogen) atoms. The van der Waals surface area contributed by atoms with Crippen LogP contribution in [-0.2, 0) is 6.54 Å². The summed E-state index contributed by atoms with van der Waals surface area (Å²) in [6, 6.07) is 4.98. The molecule has 2 atom stereocenters. The maximum absolute atomic E-state index is 13.2. The summed E-state index contributed by atoms with van der Waals surface area (Å²) in [7, 11) is 0. The van der Waals surface area contributed by atoms with Crippen molar-refractivity contribution in [2.75, 3.05) is 13.1 Å². The summed E-state index contributed by atoms with van der Waals surface area (Å²) >= 11 is 3.30. The molecule has 0 radical (unpaired) electrons. The van der Waals surface area contributed by atoms with E-state index in [1.807, 2.05) is 13.0 Å². The van der Waals surface area contributed by atoms with E-state index in [4.69, 9.17) is 0 Å². The molecular weight excluding hydrogens is 285 g/mol. The highest BCUT2D eigenvalue weighted by atomic mass is 79.9. The van der Waals surface area contributed by atoms with Gasteiger partial charge in [0.15, 0.2) is 0 Å². The number of rotatable bonds is 3. The number of benzene rings is 1. The van der Waals surface area contributed by atoms with Gasteiger partial charge in [-0.3, -0.25) is 4.90 Å². The minimum absolute atomic E-state index is 0.208. The highest BCUT2D eigenvalue weighted by Gasteiger charge is 2.25. The first kappa shape index (κ1) is 13.0. The lowest BCUT2D eigenvalue weighted by molar-refractivity contribution is 0.127. The van der Waals surface area contributed by atoms with Crippen molar-refractivity contribution in [2.24, 2.45) is 5.92 Å². The predicted molar refractivity (Wildman–Crippen MR) is 69.2 cm³/mol. The van der Waals surface area contributed by atoms with Gasteiger partial charge in [-0.25, -0.2) is 4.39 Å². The second-order valence-corrected chi connectivity index (χ2v) is 5.72. The summed E-state index contributed by atoms with van der Waals surface area (Å²) in [5.41, 5.74) is 0.975. The fourth-order valence-electron chi connectivity index (χ4n) is 2.36. The SMILES string of the molecule is CC(O)C1CCN(Cc2cc(F)cc(Br)c2)C1. The van der Waals surface area contributed by atoms with E-state index in [9.17, 15) is 9.50 Å². The molecule has 1 saturated heterocycles. The fraction of sp³-hybridized carbons (Fsp3) is 0.538. The van der Waals surface area contributed by atoms with Crippen LogP contribution in [0.2, 0.25) is 0 Å². The van der Waals surface area contributed by atoms with E-state index in [1.54, 1.807) is 6.07 Å². The maximum Gasteiger partial charge on any atom is 0.124 e. The molecule has 0 aliphatic carbocycles. The molecule has 0 aromatic heterocycles. The van der Waals surface area contributed by atoms with Crippen LogP contribution in [0.3, 0.4) is 0 Å². The molecule has 1 aromatic carbocycles. The molecule has 4 heteroatoms. The molecule has 1 fully saturated rings. The molecule has 94 valence electrons. The maximum atomic E-state index is 13.2. The first-order valence-electron chi connectivity index (χ1n) is 5.90. The van der Waals surface area contributed by atoms with Crippen molar-refractivity contribution in [2.45, 2.75) is 26.0 Å². The minimum Gasteiger partial charge on any atom is -0.393 e. The Hall–Kier alpha value is -0.450. The predicted octanol–water partition coefficient (Wildman–Crippen LogP) is 2.79. The van der Waals surface area contributed by atoms with Crippen LogP contribution in [-0.4, -0.2) is 29.2 Å². The minimum atomic E-state index is -0.251. The molecule has 0 spiro atoms. The summed E-state index contributed by atoms with van der Waals surface area (Å²) < 4.78 is 14.0. The van der Waals surface area contributed by atoms with E-state index in [-0.39, 0.29) is 11.9 Å². The Bertz CT molecular complexity index is 377. The summed E-state index contributed by atoms with van der Waals surface area (Å²) in [6.07, 6.45) is 0.771. The van der Waals surface area contributed by atoms with Gasteiger partial charge in [0, 0.05) is 17.6 Å². The van der Waals surface area contributed by atoms with E-state index in [2.05, 4.69) is 20.8 Å². The third-order valence-corrected chi connectivity index (χ3v) is 3.78. The van der Waals surface area contributed by atoms with Gasteiger partial charge in [-0.15, -0.1) is 0 Å². The number of hydrogen-bond donors (Lipinski definition) is 1. The average Bonchev–Trinajstić information content (AvgIpc) is 2.64. The second-order valence-electron chi connectivity index (χ2n) is 4.80. The van der Waals surface area contributed by atoms with Crippen molar-refractivity contribution in [3.05, 3.63) is 34.1 Å². The van der Waals surface area contributed by atoms with Gasteiger partial charge in [0.25, 0.3) is 0 Å². The van der Waals surface area contributed by atoms with Gasteiger partial charge in [0.1, 0.15) is 5.82 Å². The van der Waals surface area contributed by atoms with Gasteiger partial charge in [0.05, 0.1) is 6.10 Å². The normalized spacial score (nSPS) is 22.9. The van der Waals surface area contributed by atoms with Crippen molar-refractivity contribution in [3.8, 4) is 0 Å². The van der Waals surface area contributed by atoms with Gasteiger partial charge >= 0.3 is 0 Å². The van der Waals surface area contributed by atoms with Gasteiger partial charge in [-0.05, 0) is 49.6 Å². The monoisotopic (exact) mass is 301 g/mol. The van der Waals surface area contributed by atoms with E-state index in [0.29, 0.717) is 5.92 Å². The summed E-state index contributed by atoms with van der Waals surface area (Å²) in [6.45, 7) is 4.46. The largest absolute Gasteiger partial charge is 0.393 e. The van der Waals surface area contributed by atoms with E-state index < -0.39 is 0 Å². The van der Waals surface area contributed by atoms with Gasteiger partial charge in [-0.1, -0.05) is 15.9 Å². The standard InChI is InChI=1S/C13H17BrFNO/c1-9(17)11-2-3-16(8-11)7-10-4-12(14)6-13(15)5-10/h4-6,9,11,17H,2-3,7-8H2,1H3. The van der Waals surface area contributed by atoms with Crippen molar-refractivity contribution in [1.29, 1.82) is 0 Å². The molecule has 2 unspecified atom stereocenters.